The molecule has 0 atom stereocenters. The molecule has 1 N–H and O–H groups in total. The van der Waals surface area contributed by atoms with Crippen LogP contribution < -0.4 is 5.32 Å². The van der Waals surface area contributed by atoms with Crippen molar-refractivity contribution in [3.8, 4) is 0 Å². The number of carbonyl (C=O) groups excluding carboxylic acids is 1. The molecule has 82 valence electrons. The van der Waals surface area contributed by atoms with E-state index >= 15 is 0 Å². The van der Waals surface area contributed by atoms with E-state index in [0.29, 0.717) is 0 Å². The summed E-state index contributed by atoms with van der Waals surface area (Å²) in [4.78, 5) is 13.1. The molecule has 0 unspecified atom stereocenters. The van der Waals surface area contributed by atoms with Gasteiger partial charge in [-0.25, -0.2) is 4.79 Å². The highest BCUT2D eigenvalue weighted by Crippen LogP contribution is 2.22. The molecule has 3 nitrogen and oxygen atoms in total. The lowest BCUT2D eigenvalue weighted by Crippen LogP contribution is -2.39. The molecule has 0 aromatic carbocycles. The predicted molar refractivity (Wildman–Crippen MR) is 58.3 cm³/mol. The lowest BCUT2D eigenvalue weighted by Gasteiger charge is -2.23. The predicted octanol–water partition coefficient (Wildman–Crippen LogP) is 2.23. The maximum Gasteiger partial charge on any atom is 0.317 e. The van der Waals surface area contributed by atoms with Crippen molar-refractivity contribution in [2.24, 2.45) is 5.92 Å². The Morgan fingerprint density at radius 1 is 1.36 bits per heavy atom. The molecular weight excluding hydrogens is 176 g/mol. The standard InChI is InChI=1S/C11H22N2O/c1-3-13(2)11(14)12-9-10-7-5-4-6-8-10/h10H,3-9H2,1-2H3,(H,12,14). The summed E-state index contributed by atoms with van der Waals surface area (Å²) in [6.07, 6.45) is 6.62. The average Bonchev–Trinajstić information content (AvgIpc) is 2.26. The molecule has 1 rings (SSSR count). The lowest BCUT2D eigenvalue weighted by molar-refractivity contribution is 0.207. The molecule has 0 saturated heterocycles. The highest BCUT2D eigenvalue weighted by Gasteiger charge is 2.14. The van der Waals surface area contributed by atoms with E-state index in [9.17, 15) is 4.79 Å². The normalized spacial score (nSPS) is 17.9. The largest absolute Gasteiger partial charge is 0.338 e. The van der Waals surface area contributed by atoms with Crippen LogP contribution in [0, 0.1) is 5.92 Å². The van der Waals surface area contributed by atoms with E-state index < -0.39 is 0 Å². The van der Waals surface area contributed by atoms with E-state index in [4.69, 9.17) is 0 Å². The fourth-order valence-corrected chi connectivity index (χ4v) is 1.90. The number of nitrogens with one attached hydrogen (secondary N) is 1. The van der Waals surface area contributed by atoms with Gasteiger partial charge in [0.15, 0.2) is 0 Å². The van der Waals surface area contributed by atoms with Crippen LogP contribution in [0.2, 0.25) is 0 Å². The van der Waals surface area contributed by atoms with Crippen LogP contribution in [0.25, 0.3) is 0 Å². The summed E-state index contributed by atoms with van der Waals surface area (Å²) in [6.45, 7) is 3.62. The summed E-state index contributed by atoms with van der Waals surface area (Å²) in [5.74, 6) is 0.720. The molecule has 0 radical (unpaired) electrons. The molecule has 1 aliphatic carbocycles. The molecule has 0 aromatic rings. The summed E-state index contributed by atoms with van der Waals surface area (Å²) in [5.41, 5.74) is 0. The van der Waals surface area contributed by atoms with Crippen LogP contribution in [0.4, 0.5) is 4.79 Å². The Kier molecular flexibility index (Phi) is 4.77. The van der Waals surface area contributed by atoms with Crippen LogP contribution in [0.5, 0.6) is 0 Å². The number of hydrogen-bond acceptors (Lipinski definition) is 1. The maximum absolute atomic E-state index is 11.4. The molecule has 1 fully saturated rings. The Morgan fingerprint density at radius 3 is 2.57 bits per heavy atom. The number of nitrogens with zero attached hydrogens (tertiary/aromatic N) is 1. The number of hydrogen-bond donors (Lipinski definition) is 1. The minimum atomic E-state index is 0.0677. The Hall–Kier alpha value is -0.730. The van der Waals surface area contributed by atoms with Gasteiger partial charge in [0, 0.05) is 20.1 Å². The van der Waals surface area contributed by atoms with E-state index in [2.05, 4.69) is 5.32 Å². The van der Waals surface area contributed by atoms with Gasteiger partial charge in [0.1, 0.15) is 0 Å². The molecular formula is C11H22N2O. The number of carbonyl (C=O) groups is 1. The van der Waals surface area contributed by atoms with Gasteiger partial charge in [0.05, 0.1) is 0 Å². The smallest absolute Gasteiger partial charge is 0.317 e. The second-order valence-electron chi connectivity index (χ2n) is 4.20. The van der Waals surface area contributed by atoms with Crippen LogP contribution >= 0.6 is 0 Å². The van der Waals surface area contributed by atoms with E-state index in [1.807, 2.05) is 14.0 Å². The molecule has 1 aliphatic rings. The molecule has 0 heterocycles. The van der Waals surface area contributed by atoms with Crippen molar-refractivity contribution >= 4 is 6.03 Å². The number of amides is 2. The summed E-state index contributed by atoms with van der Waals surface area (Å²) < 4.78 is 0. The monoisotopic (exact) mass is 198 g/mol. The second-order valence-corrected chi connectivity index (χ2v) is 4.20. The van der Waals surface area contributed by atoms with E-state index in [-0.39, 0.29) is 6.03 Å². The highest BCUT2D eigenvalue weighted by atomic mass is 16.2. The molecule has 0 spiro atoms. The van der Waals surface area contributed by atoms with Gasteiger partial charge in [0.25, 0.3) is 0 Å². The van der Waals surface area contributed by atoms with Gasteiger partial charge in [-0.15, -0.1) is 0 Å². The Morgan fingerprint density at radius 2 is 2.00 bits per heavy atom. The first-order chi connectivity index (χ1) is 6.74. The lowest BCUT2D eigenvalue weighted by atomic mass is 9.89. The molecule has 3 heteroatoms. The number of urea groups is 1. The van der Waals surface area contributed by atoms with E-state index in [1.165, 1.54) is 32.1 Å². The van der Waals surface area contributed by atoms with Crippen molar-refractivity contribution in [1.29, 1.82) is 0 Å². The average molecular weight is 198 g/mol. The first-order valence-electron chi connectivity index (χ1n) is 5.73. The van der Waals surface area contributed by atoms with Crippen molar-refractivity contribution in [3.05, 3.63) is 0 Å². The second kappa shape index (κ2) is 5.89. The Bertz CT molecular complexity index is 176. The minimum Gasteiger partial charge on any atom is -0.338 e. The zero-order chi connectivity index (χ0) is 10.4. The third-order valence-electron chi connectivity index (χ3n) is 3.09. The zero-order valence-electron chi connectivity index (χ0n) is 9.38. The van der Waals surface area contributed by atoms with Crippen LogP contribution in [0.15, 0.2) is 0 Å². The summed E-state index contributed by atoms with van der Waals surface area (Å²) in [7, 11) is 1.83. The Balaban J connectivity index is 2.15. The summed E-state index contributed by atoms with van der Waals surface area (Å²) in [5, 5.41) is 2.99. The minimum absolute atomic E-state index is 0.0677. The van der Waals surface area contributed by atoms with Crippen LogP contribution in [0.1, 0.15) is 39.0 Å². The van der Waals surface area contributed by atoms with E-state index in [1.54, 1.807) is 4.90 Å². The first-order valence-corrected chi connectivity index (χ1v) is 5.73. The third kappa shape index (κ3) is 3.56. The summed E-state index contributed by atoms with van der Waals surface area (Å²) in [6, 6.07) is 0.0677. The SMILES string of the molecule is CCN(C)C(=O)NCC1CCCCC1. The quantitative estimate of drug-likeness (QED) is 0.741. The van der Waals surface area contributed by atoms with Crippen molar-refractivity contribution in [1.82, 2.24) is 10.2 Å². The molecule has 14 heavy (non-hydrogen) atoms. The van der Waals surface area contributed by atoms with Gasteiger partial charge >= 0.3 is 6.03 Å². The van der Waals surface area contributed by atoms with Gasteiger partial charge in [-0.1, -0.05) is 19.3 Å². The van der Waals surface area contributed by atoms with Crippen molar-refractivity contribution < 1.29 is 4.79 Å². The highest BCUT2D eigenvalue weighted by molar-refractivity contribution is 5.73. The molecule has 1 saturated carbocycles. The van der Waals surface area contributed by atoms with Gasteiger partial charge < -0.3 is 10.2 Å². The van der Waals surface area contributed by atoms with Crippen molar-refractivity contribution in [3.63, 3.8) is 0 Å². The maximum atomic E-state index is 11.4. The summed E-state index contributed by atoms with van der Waals surface area (Å²) >= 11 is 0. The van der Waals surface area contributed by atoms with Gasteiger partial charge in [0.2, 0.25) is 0 Å². The van der Waals surface area contributed by atoms with Crippen molar-refractivity contribution in [2.75, 3.05) is 20.1 Å². The fraction of sp³-hybridized carbons (Fsp3) is 0.909. The number of rotatable bonds is 3. The Labute approximate surface area is 86.9 Å². The molecule has 2 amide bonds. The fourth-order valence-electron chi connectivity index (χ4n) is 1.90. The first kappa shape index (κ1) is 11.3. The van der Waals surface area contributed by atoms with Crippen LogP contribution in [-0.2, 0) is 0 Å². The third-order valence-corrected chi connectivity index (χ3v) is 3.09. The van der Waals surface area contributed by atoms with Crippen LogP contribution in [0.3, 0.4) is 0 Å². The van der Waals surface area contributed by atoms with Gasteiger partial charge in [-0.05, 0) is 25.7 Å². The van der Waals surface area contributed by atoms with Gasteiger partial charge in [-0.2, -0.15) is 0 Å². The topological polar surface area (TPSA) is 32.3 Å². The van der Waals surface area contributed by atoms with Crippen molar-refractivity contribution in [2.45, 2.75) is 39.0 Å². The zero-order valence-corrected chi connectivity index (χ0v) is 9.38. The molecule has 0 aromatic heterocycles. The van der Waals surface area contributed by atoms with Gasteiger partial charge in [-0.3, -0.25) is 0 Å². The van der Waals surface area contributed by atoms with E-state index in [0.717, 1.165) is 19.0 Å². The molecule has 0 aliphatic heterocycles. The van der Waals surface area contributed by atoms with Crippen LogP contribution in [-0.4, -0.2) is 31.1 Å². The molecule has 0 bridgehead atoms.